The van der Waals surface area contributed by atoms with Gasteiger partial charge in [0, 0.05) is 17.0 Å². The van der Waals surface area contributed by atoms with Crippen molar-refractivity contribution in [2.75, 3.05) is 18.9 Å². The zero-order chi connectivity index (χ0) is 19.4. The van der Waals surface area contributed by atoms with Crippen LogP contribution in [-0.2, 0) is 14.8 Å². The number of benzene rings is 1. The fourth-order valence-electron chi connectivity index (χ4n) is 2.71. The molecule has 0 aromatic heterocycles. The van der Waals surface area contributed by atoms with Crippen LogP contribution >= 0.6 is 11.8 Å². The first kappa shape index (κ1) is 20.4. The van der Waals surface area contributed by atoms with Gasteiger partial charge in [0.05, 0.1) is 4.90 Å². The number of carbonyl (C=O) groups excluding carboxylic acids is 1. The van der Waals surface area contributed by atoms with Gasteiger partial charge in [0.25, 0.3) is 5.91 Å². The molecule has 0 spiro atoms. The van der Waals surface area contributed by atoms with Crippen molar-refractivity contribution >= 4 is 27.7 Å². The summed E-state index contributed by atoms with van der Waals surface area (Å²) in [6, 6.07) is 4.64. The van der Waals surface area contributed by atoms with E-state index in [0.29, 0.717) is 11.5 Å². The van der Waals surface area contributed by atoms with Crippen LogP contribution in [0.25, 0.3) is 0 Å². The molecule has 142 valence electrons. The molecule has 0 radical (unpaired) electrons. The Hall–Kier alpha value is -1.93. The maximum Gasteiger partial charge on any atom is 0.263 e. The summed E-state index contributed by atoms with van der Waals surface area (Å²) in [6.07, 6.45) is 1.71. The second-order valence-electron chi connectivity index (χ2n) is 5.99. The van der Waals surface area contributed by atoms with Crippen molar-refractivity contribution in [3.05, 3.63) is 24.3 Å². The fourth-order valence-corrected chi connectivity index (χ4v) is 5.82. The summed E-state index contributed by atoms with van der Waals surface area (Å²) >= 11 is 1.47. The molecule has 8 nitrogen and oxygen atoms in total. The van der Waals surface area contributed by atoms with E-state index in [1.165, 1.54) is 36.0 Å². The maximum atomic E-state index is 13.0. The van der Waals surface area contributed by atoms with E-state index in [2.05, 4.69) is 5.92 Å². The highest BCUT2D eigenvalue weighted by Gasteiger charge is 2.48. The summed E-state index contributed by atoms with van der Waals surface area (Å²) in [5.41, 5.74) is 1.57. The number of amides is 1. The third-order valence-corrected chi connectivity index (χ3v) is 7.14. The number of hydrogen-bond acceptors (Lipinski definition) is 7. The largest absolute Gasteiger partial charge is 0.481 e. The number of aliphatic hydroxyl groups is 1. The number of thioether (sulfide) groups is 1. The van der Waals surface area contributed by atoms with Gasteiger partial charge in [0.2, 0.25) is 10.0 Å². The lowest BCUT2D eigenvalue weighted by molar-refractivity contribution is -0.134. The van der Waals surface area contributed by atoms with Crippen LogP contribution in [0.1, 0.15) is 13.8 Å². The van der Waals surface area contributed by atoms with Gasteiger partial charge in [0.1, 0.15) is 17.9 Å². The highest BCUT2D eigenvalue weighted by molar-refractivity contribution is 8.00. The molecule has 2 rings (SSSR count). The second-order valence-corrected chi connectivity index (χ2v) is 9.63. The molecule has 0 saturated carbocycles. The highest BCUT2D eigenvalue weighted by atomic mass is 32.2. The average Bonchev–Trinajstić information content (AvgIpc) is 2.61. The molecule has 0 aliphatic carbocycles. The zero-order valence-electron chi connectivity index (χ0n) is 14.3. The Morgan fingerprint density at radius 1 is 1.42 bits per heavy atom. The van der Waals surface area contributed by atoms with Gasteiger partial charge in [-0.3, -0.25) is 10.0 Å². The van der Waals surface area contributed by atoms with Gasteiger partial charge < -0.3 is 9.84 Å². The summed E-state index contributed by atoms with van der Waals surface area (Å²) in [6.45, 7) is 3.65. The summed E-state index contributed by atoms with van der Waals surface area (Å²) in [4.78, 5) is 12.1. The van der Waals surface area contributed by atoms with Crippen molar-refractivity contribution in [2.24, 2.45) is 0 Å². The van der Waals surface area contributed by atoms with Crippen molar-refractivity contribution in [3.63, 3.8) is 0 Å². The number of rotatable bonds is 5. The van der Waals surface area contributed by atoms with Crippen LogP contribution in [0.3, 0.4) is 0 Å². The first-order valence-corrected chi connectivity index (χ1v) is 10.1. The molecule has 1 aromatic carbocycles. The molecule has 1 aromatic rings. The predicted molar refractivity (Wildman–Crippen MR) is 95.8 cm³/mol. The van der Waals surface area contributed by atoms with E-state index in [-0.39, 0.29) is 18.0 Å². The Kier molecular flexibility index (Phi) is 6.41. The first-order valence-electron chi connectivity index (χ1n) is 7.68. The van der Waals surface area contributed by atoms with E-state index in [1.807, 2.05) is 0 Å². The average molecular weight is 400 g/mol. The summed E-state index contributed by atoms with van der Waals surface area (Å²) in [7, 11) is -3.95. The SMILES string of the molecule is CC1(C)SCCN(S(=O)(=O)c2ccc(OCC#CO)cc2)[C@@H]1C(=O)NO. The van der Waals surface area contributed by atoms with Crippen LogP contribution in [-0.4, -0.2) is 58.6 Å². The summed E-state index contributed by atoms with van der Waals surface area (Å²) < 4.78 is 31.7. The van der Waals surface area contributed by atoms with Crippen LogP contribution in [0, 0.1) is 12.0 Å². The van der Waals surface area contributed by atoms with Crippen molar-refractivity contribution < 1.29 is 28.3 Å². The normalized spacial score (nSPS) is 19.9. The molecule has 1 atom stereocenters. The lowest BCUT2D eigenvalue weighted by atomic mass is 10.0. The molecule has 26 heavy (non-hydrogen) atoms. The zero-order valence-corrected chi connectivity index (χ0v) is 15.9. The van der Waals surface area contributed by atoms with Crippen LogP contribution < -0.4 is 10.2 Å². The van der Waals surface area contributed by atoms with E-state index >= 15 is 0 Å². The van der Waals surface area contributed by atoms with Crippen LogP contribution in [0.5, 0.6) is 5.75 Å². The molecule has 0 unspecified atom stereocenters. The van der Waals surface area contributed by atoms with E-state index in [9.17, 15) is 13.2 Å². The topological polar surface area (TPSA) is 116 Å². The van der Waals surface area contributed by atoms with Crippen molar-refractivity contribution in [2.45, 2.75) is 29.5 Å². The predicted octanol–water partition coefficient (Wildman–Crippen LogP) is 0.789. The molecule has 1 saturated heterocycles. The quantitative estimate of drug-likeness (QED) is 0.380. The smallest absolute Gasteiger partial charge is 0.263 e. The van der Waals surface area contributed by atoms with Gasteiger partial charge in [-0.15, -0.1) is 0 Å². The molecule has 1 aliphatic heterocycles. The third-order valence-electron chi connectivity index (χ3n) is 3.91. The molecule has 1 fully saturated rings. The van der Waals surface area contributed by atoms with Gasteiger partial charge in [-0.05, 0) is 44.0 Å². The van der Waals surface area contributed by atoms with Crippen molar-refractivity contribution in [1.82, 2.24) is 9.79 Å². The van der Waals surface area contributed by atoms with E-state index in [1.54, 1.807) is 25.4 Å². The van der Waals surface area contributed by atoms with E-state index < -0.39 is 26.7 Å². The van der Waals surface area contributed by atoms with E-state index in [4.69, 9.17) is 15.1 Å². The van der Waals surface area contributed by atoms with Crippen molar-refractivity contribution in [1.29, 1.82) is 0 Å². The molecular weight excluding hydrogens is 380 g/mol. The van der Waals surface area contributed by atoms with Gasteiger partial charge in [-0.25, -0.2) is 13.9 Å². The standard InChI is InChI=1S/C16H20N2O6S2/c1-16(2)14(15(20)17-21)18(8-11-25-16)26(22,23)13-6-4-12(5-7-13)24-10-3-9-19/h4-7,14,19,21H,8,10-11H2,1-2H3,(H,17,20)/t14-/m1/s1. The minimum absolute atomic E-state index is 0.0107. The number of nitrogens with one attached hydrogen (secondary N) is 1. The monoisotopic (exact) mass is 400 g/mol. The minimum atomic E-state index is -3.95. The van der Waals surface area contributed by atoms with Gasteiger partial charge in [-0.1, -0.05) is 0 Å². The highest BCUT2D eigenvalue weighted by Crippen LogP contribution is 2.38. The Morgan fingerprint density at radius 2 is 2.08 bits per heavy atom. The Morgan fingerprint density at radius 3 is 2.65 bits per heavy atom. The molecule has 3 N–H and O–H groups in total. The van der Waals surface area contributed by atoms with Gasteiger partial charge >= 0.3 is 0 Å². The maximum absolute atomic E-state index is 13.0. The van der Waals surface area contributed by atoms with Crippen molar-refractivity contribution in [3.8, 4) is 17.8 Å². The van der Waals surface area contributed by atoms with E-state index in [0.717, 1.165) is 4.31 Å². The molecule has 1 heterocycles. The first-order chi connectivity index (χ1) is 12.2. The number of hydroxylamine groups is 1. The number of hydrogen-bond donors (Lipinski definition) is 3. The Labute approximate surface area is 156 Å². The lowest BCUT2D eigenvalue weighted by Crippen LogP contribution is -2.61. The second kappa shape index (κ2) is 8.18. The molecule has 1 amide bonds. The molecule has 1 aliphatic rings. The summed E-state index contributed by atoms with van der Waals surface area (Å²) in [5.74, 6) is 2.47. The number of carbonyl (C=O) groups is 1. The van der Waals surface area contributed by atoms with Gasteiger partial charge in [-0.2, -0.15) is 16.1 Å². The number of nitrogens with zero attached hydrogens (tertiary/aromatic N) is 1. The lowest BCUT2D eigenvalue weighted by Gasteiger charge is -2.43. The Bertz CT molecular complexity index is 811. The number of ether oxygens (including phenoxy) is 1. The Balaban J connectivity index is 2.31. The minimum Gasteiger partial charge on any atom is -0.481 e. The number of aliphatic hydroxyl groups excluding tert-OH is 1. The van der Waals surface area contributed by atoms with Crippen LogP contribution in [0.2, 0.25) is 0 Å². The summed E-state index contributed by atoms with van der Waals surface area (Å²) in [5, 5.41) is 17.4. The molecule has 0 bridgehead atoms. The number of sulfonamides is 1. The van der Waals surface area contributed by atoms with Gasteiger partial charge in [0.15, 0.2) is 6.61 Å². The molecule has 10 heteroatoms. The fraction of sp³-hybridized carbons (Fsp3) is 0.438. The third kappa shape index (κ3) is 4.24. The molecular formula is C16H20N2O6S2. The van der Waals surface area contributed by atoms with Crippen LogP contribution in [0.4, 0.5) is 0 Å². The van der Waals surface area contributed by atoms with Crippen LogP contribution in [0.15, 0.2) is 29.2 Å².